The molecule has 5 aromatic rings. The maximum Gasteiger partial charge on any atom is 0.459 e. The monoisotopic (exact) mass is 646 g/mol. The first-order chi connectivity index (χ1) is 20.3. The number of thiophene rings is 1. The summed E-state index contributed by atoms with van der Waals surface area (Å²) in [6.07, 6.45) is -9.46. The van der Waals surface area contributed by atoms with E-state index in [1.165, 1.54) is 17.8 Å². The van der Waals surface area contributed by atoms with Crippen molar-refractivity contribution in [2.75, 3.05) is 5.32 Å². The summed E-state index contributed by atoms with van der Waals surface area (Å²) in [6.45, 7) is 4.78. The average Bonchev–Trinajstić information content (AvgIpc) is 3.61. The van der Waals surface area contributed by atoms with E-state index >= 15 is 0 Å². The second-order valence-electron chi connectivity index (χ2n) is 9.50. The molecule has 0 unspecified atom stereocenters. The Morgan fingerprint density at radius 2 is 1.66 bits per heavy atom. The van der Waals surface area contributed by atoms with Gasteiger partial charge in [-0.3, -0.25) is 14.3 Å². The van der Waals surface area contributed by atoms with Gasteiger partial charge in [0.25, 0.3) is 11.8 Å². The predicted molar refractivity (Wildman–Crippen MR) is 140 cm³/mol. The molecule has 0 atom stereocenters. The Labute approximate surface area is 244 Å². The zero-order valence-electron chi connectivity index (χ0n) is 22.5. The Balaban J connectivity index is 1.71. The number of fused-ring (bicyclic) bond motifs is 2. The second kappa shape index (κ2) is 10.2. The highest BCUT2D eigenvalue weighted by Crippen LogP contribution is 2.45. The van der Waals surface area contributed by atoms with Crippen molar-refractivity contribution in [2.24, 2.45) is 5.73 Å². The number of hydrogen-bond donors (Lipinski definition) is 2. The minimum Gasteiger partial charge on any atom is -0.365 e. The van der Waals surface area contributed by atoms with Crippen molar-refractivity contribution in [1.29, 1.82) is 0 Å². The summed E-state index contributed by atoms with van der Waals surface area (Å²) in [5.41, 5.74) is 1.13. The van der Waals surface area contributed by atoms with Gasteiger partial charge in [0.1, 0.15) is 21.1 Å². The molecule has 0 aliphatic carbocycles. The van der Waals surface area contributed by atoms with Crippen LogP contribution in [0, 0.1) is 13.8 Å². The van der Waals surface area contributed by atoms with Crippen molar-refractivity contribution in [3.05, 3.63) is 57.7 Å². The van der Waals surface area contributed by atoms with E-state index < -0.39 is 57.7 Å². The van der Waals surface area contributed by atoms with Gasteiger partial charge in [0.05, 0.1) is 11.4 Å². The van der Waals surface area contributed by atoms with E-state index in [9.17, 15) is 44.7 Å². The molecule has 3 N–H and O–H groups in total. The van der Waals surface area contributed by atoms with Crippen LogP contribution in [-0.2, 0) is 18.6 Å². The number of amides is 2. The number of nitrogens with zero attached hydrogens (tertiary/aromatic N) is 6. The van der Waals surface area contributed by atoms with Crippen LogP contribution in [0.15, 0.2) is 24.4 Å². The lowest BCUT2D eigenvalue weighted by Crippen LogP contribution is -2.36. The number of pyridine rings is 1. The fourth-order valence-corrected chi connectivity index (χ4v) is 5.46. The zero-order chi connectivity index (χ0) is 32.5. The lowest BCUT2D eigenvalue weighted by molar-refractivity contribution is -0.291. The number of aryl methyl sites for hydroxylation is 3. The van der Waals surface area contributed by atoms with E-state index in [1.54, 1.807) is 6.92 Å². The van der Waals surface area contributed by atoms with Gasteiger partial charge in [0.2, 0.25) is 0 Å². The Morgan fingerprint density at radius 1 is 0.977 bits per heavy atom. The van der Waals surface area contributed by atoms with Crippen LogP contribution in [0.1, 0.15) is 49.9 Å². The molecule has 5 heterocycles. The van der Waals surface area contributed by atoms with Gasteiger partial charge >= 0.3 is 18.3 Å². The smallest absolute Gasteiger partial charge is 0.365 e. The molecular formula is C25H18F8N8O2S. The first-order valence-electron chi connectivity index (χ1n) is 12.4. The highest BCUT2D eigenvalue weighted by atomic mass is 32.1. The molecule has 0 aliphatic rings. The van der Waals surface area contributed by atoms with Crippen molar-refractivity contribution < 1.29 is 44.7 Å². The minimum atomic E-state index is -6.00. The lowest BCUT2D eigenvalue weighted by atomic mass is 10.0. The highest BCUT2D eigenvalue weighted by Gasteiger charge is 2.60. The summed E-state index contributed by atoms with van der Waals surface area (Å²) in [5.74, 6) is -7.74. The van der Waals surface area contributed by atoms with E-state index in [2.05, 4.69) is 25.5 Å². The summed E-state index contributed by atoms with van der Waals surface area (Å²) in [4.78, 5) is 32.5. The minimum absolute atomic E-state index is 0.113. The van der Waals surface area contributed by atoms with Crippen LogP contribution in [-0.4, -0.2) is 47.4 Å². The Kier molecular flexibility index (Phi) is 7.14. The number of rotatable bonds is 6. The Morgan fingerprint density at radius 3 is 2.23 bits per heavy atom. The fraction of sp³-hybridized carbons (Fsp3) is 0.280. The first kappa shape index (κ1) is 30.8. The average molecular weight is 647 g/mol. The van der Waals surface area contributed by atoms with E-state index in [0.717, 1.165) is 13.0 Å². The number of aromatic nitrogens is 6. The number of nitrogens with one attached hydrogen (secondary N) is 1. The molecule has 10 nitrogen and oxygen atoms in total. The van der Waals surface area contributed by atoms with Crippen molar-refractivity contribution >= 4 is 44.7 Å². The van der Waals surface area contributed by atoms with E-state index in [4.69, 9.17) is 5.73 Å². The molecule has 0 spiro atoms. The maximum atomic E-state index is 14.3. The third-order valence-electron chi connectivity index (χ3n) is 6.44. The molecule has 0 fully saturated rings. The molecule has 19 heteroatoms. The van der Waals surface area contributed by atoms with Crippen molar-refractivity contribution in [3.63, 3.8) is 0 Å². The van der Waals surface area contributed by atoms with Gasteiger partial charge in [-0.2, -0.15) is 45.3 Å². The number of hydrogen-bond acceptors (Lipinski definition) is 7. The topological polar surface area (TPSA) is 133 Å². The van der Waals surface area contributed by atoms with Crippen LogP contribution in [0.5, 0.6) is 0 Å². The number of primary amides is 1. The van der Waals surface area contributed by atoms with Gasteiger partial charge < -0.3 is 11.1 Å². The highest BCUT2D eigenvalue weighted by molar-refractivity contribution is 7.21. The van der Waals surface area contributed by atoms with Gasteiger partial charge in [-0.1, -0.05) is 0 Å². The first-order valence-corrected chi connectivity index (χ1v) is 13.2. The number of carbonyl (C=O) groups excluding carboxylic acids is 2. The van der Waals surface area contributed by atoms with E-state index in [1.807, 2.05) is 0 Å². The number of alkyl halides is 8. The van der Waals surface area contributed by atoms with Crippen molar-refractivity contribution in [3.8, 4) is 11.1 Å². The normalized spacial score (nSPS) is 12.8. The van der Waals surface area contributed by atoms with Crippen molar-refractivity contribution in [2.45, 2.75) is 45.6 Å². The maximum absolute atomic E-state index is 14.3. The molecule has 2 amide bonds. The molecule has 0 aliphatic heterocycles. The van der Waals surface area contributed by atoms with Crippen LogP contribution in [0.4, 0.5) is 40.8 Å². The van der Waals surface area contributed by atoms with Crippen LogP contribution in [0.3, 0.4) is 0 Å². The summed E-state index contributed by atoms with van der Waals surface area (Å²) >= 11 is 0.453. The molecule has 232 valence electrons. The molecule has 0 aromatic carbocycles. The lowest BCUT2D eigenvalue weighted by Gasteiger charge is -2.20. The number of nitrogens with two attached hydrogens (primary N) is 1. The number of anilines is 1. The molecule has 0 saturated carbocycles. The third kappa shape index (κ3) is 5.09. The van der Waals surface area contributed by atoms with Crippen LogP contribution in [0.2, 0.25) is 0 Å². The molecule has 5 rings (SSSR count). The number of halogens is 8. The zero-order valence-corrected chi connectivity index (χ0v) is 23.3. The third-order valence-corrected chi connectivity index (χ3v) is 7.54. The predicted octanol–water partition coefficient (Wildman–Crippen LogP) is 5.86. The second-order valence-corrected chi connectivity index (χ2v) is 10.5. The van der Waals surface area contributed by atoms with E-state index in [-0.39, 0.29) is 37.2 Å². The van der Waals surface area contributed by atoms with Crippen LogP contribution >= 0.6 is 11.3 Å². The fourth-order valence-electron chi connectivity index (χ4n) is 4.45. The molecule has 0 radical (unpaired) electrons. The van der Waals surface area contributed by atoms with E-state index in [0.29, 0.717) is 35.7 Å². The molecule has 44 heavy (non-hydrogen) atoms. The van der Waals surface area contributed by atoms with Gasteiger partial charge in [-0.25, -0.2) is 14.5 Å². The standard InChI is InChI=1S/C25H18F8N8O2S/c1-4-40-8-12(10(3)38-40)11-6-14(24(28,29)30)36-22-17(11)18(19(44-22)20(34)42)37-21(43)13-7-16-35-9(2)5-15(41(16)39-13)23(26,27)25(31,32)33/h5-8H,4H2,1-3H3,(H2,34,42)(H,37,43). The van der Waals surface area contributed by atoms with Gasteiger partial charge in [0.15, 0.2) is 11.3 Å². The summed E-state index contributed by atoms with van der Waals surface area (Å²) < 4.78 is 111. The Bertz CT molecular complexity index is 1970. The SMILES string of the molecule is CCn1cc(-c2cc(C(F)(F)F)nc3sc(C(N)=O)c(NC(=O)c4cc5nc(C)cc(C(F)(F)C(F)(F)F)n5n4)c23)c(C)n1. The molecule has 5 aromatic heterocycles. The molecular weight excluding hydrogens is 628 g/mol. The summed E-state index contributed by atoms with van der Waals surface area (Å²) in [6, 6.07) is 2.00. The quantitative estimate of drug-likeness (QED) is 0.222. The molecule has 0 bridgehead atoms. The number of carbonyl (C=O) groups is 2. The summed E-state index contributed by atoms with van der Waals surface area (Å²) in [5, 5.41) is 10.0. The van der Waals surface area contributed by atoms with Gasteiger partial charge in [-0.15, -0.1) is 11.3 Å². The molecule has 0 saturated heterocycles. The van der Waals surface area contributed by atoms with Crippen LogP contribution < -0.4 is 11.1 Å². The van der Waals surface area contributed by atoms with Crippen molar-refractivity contribution in [1.82, 2.24) is 29.4 Å². The van der Waals surface area contributed by atoms with Crippen LogP contribution in [0.25, 0.3) is 27.0 Å². The largest absolute Gasteiger partial charge is 0.459 e. The Hall–Kier alpha value is -4.68. The van der Waals surface area contributed by atoms with Gasteiger partial charge in [-0.05, 0) is 38.5 Å². The summed E-state index contributed by atoms with van der Waals surface area (Å²) in [7, 11) is 0. The van der Waals surface area contributed by atoms with Gasteiger partial charge in [0, 0.05) is 35.5 Å².